The third kappa shape index (κ3) is 6.62. The van der Waals surface area contributed by atoms with Gasteiger partial charge in [0.05, 0.1) is 50.2 Å². The fraction of sp³-hybridized carbons (Fsp3) is 0. The van der Waals surface area contributed by atoms with Crippen LogP contribution in [0.4, 0.5) is 0 Å². The van der Waals surface area contributed by atoms with E-state index in [-0.39, 0.29) is 0 Å². The average molecular weight is 997 g/mol. The lowest BCUT2D eigenvalue weighted by atomic mass is 9.92. The summed E-state index contributed by atoms with van der Waals surface area (Å²) in [6, 6.07) is 86.2. The lowest BCUT2D eigenvalue weighted by Gasteiger charge is -2.20. The molecule has 11 aromatic carbocycles. The quantitative estimate of drug-likeness (QED) is 0.158. The maximum absolute atomic E-state index is 10.2. The van der Waals surface area contributed by atoms with Gasteiger partial charge in [0.1, 0.15) is 22.3 Å². The van der Waals surface area contributed by atoms with Crippen molar-refractivity contribution in [2.75, 3.05) is 0 Å². The first-order chi connectivity index (χ1) is 38.6. The highest BCUT2D eigenvalue weighted by molar-refractivity contribution is 6.25. The minimum absolute atomic E-state index is 0.518. The van der Waals surface area contributed by atoms with Crippen LogP contribution in [0.2, 0.25) is 0 Å². The molecule has 362 valence electrons. The minimum Gasteiger partial charge on any atom is -0.455 e. The Morgan fingerprint density at radius 3 is 1.46 bits per heavy atom. The maximum Gasteiger partial charge on any atom is 0.164 e. The molecule has 8 heteroatoms. The van der Waals surface area contributed by atoms with Crippen LogP contribution in [0, 0.1) is 11.3 Å². The number of hydrogen-bond acceptors (Lipinski definition) is 6. The Morgan fingerprint density at radius 2 is 0.846 bits per heavy atom. The normalized spacial score (nSPS) is 11.8. The van der Waals surface area contributed by atoms with E-state index in [2.05, 4.69) is 155 Å². The number of nitrogens with zero attached hydrogens (tertiary/aromatic N) is 6. The molecule has 0 saturated heterocycles. The summed E-state index contributed by atoms with van der Waals surface area (Å²) < 4.78 is 18.3. The van der Waals surface area contributed by atoms with Gasteiger partial charge in [0.25, 0.3) is 0 Å². The molecule has 0 amide bonds. The predicted octanol–water partition coefficient (Wildman–Crippen LogP) is 18.1. The molecule has 0 aliphatic carbocycles. The molecule has 0 aliphatic rings. The summed E-state index contributed by atoms with van der Waals surface area (Å²) in [6.45, 7) is 0. The molecule has 5 aromatic heterocycles. The van der Waals surface area contributed by atoms with Gasteiger partial charge >= 0.3 is 0 Å². The average Bonchev–Trinajstić information content (AvgIpc) is 4.47. The largest absolute Gasteiger partial charge is 0.455 e. The summed E-state index contributed by atoms with van der Waals surface area (Å²) in [5.41, 5.74) is 16.1. The molecule has 0 aliphatic heterocycles. The summed E-state index contributed by atoms with van der Waals surface area (Å²) in [5, 5.41) is 18.7. The van der Waals surface area contributed by atoms with Gasteiger partial charge in [-0.1, -0.05) is 152 Å². The molecule has 5 heterocycles. The zero-order chi connectivity index (χ0) is 51.4. The molecule has 0 bridgehead atoms. The zero-order valence-corrected chi connectivity index (χ0v) is 41.6. The Hall–Kier alpha value is -10.9. The van der Waals surface area contributed by atoms with E-state index in [1.807, 2.05) is 103 Å². The van der Waals surface area contributed by atoms with Crippen molar-refractivity contribution < 1.29 is 8.83 Å². The molecule has 0 atom stereocenters. The predicted molar refractivity (Wildman–Crippen MR) is 315 cm³/mol. The van der Waals surface area contributed by atoms with Crippen LogP contribution in [0.1, 0.15) is 5.56 Å². The third-order valence-electron chi connectivity index (χ3n) is 15.4. The smallest absolute Gasteiger partial charge is 0.164 e. The van der Waals surface area contributed by atoms with Crippen LogP contribution >= 0.6 is 0 Å². The molecular formula is C70H40N6O2. The van der Waals surface area contributed by atoms with E-state index in [0.29, 0.717) is 23.0 Å². The van der Waals surface area contributed by atoms with Crippen LogP contribution in [-0.2, 0) is 0 Å². The van der Waals surface area contributed by atoms with Gasteiger partial charge in [0, 0.05) is 60.3 Å². The maximum atomic E-state index is 10.2. The Balaban J connectivity index is 1.04. The van der Waals surface area contributed by atoms with Crippen molar-refractivity contribution in [1.82, 2.24) is 24.1 Å². The highest BCUT2D eigenvalue weighted by Gasteiger charge is 2.26. The van der Waals surface area contributed by atoms with Gasteiger partial charge in [-0.25, -0.2) is 15.0 Å². The first-order valence-corrected chi connectivity index (χ1v) is 26.0. The Kier molecular flexibility index (Phi) is 9.53. The SMILES string of the molecule is N#Cc1cccc(-c2ccc(-n3c4ccccc4c4c5oc6ccccc6c5ccc43)c(-c3cc(-n4c5ccccc5c5c6oc7ccccc7c6ccc54)ccc3-c3nc(-c4ccccc4)nc(-c4ccccc4)n3)c2)c1. The second-order valence-electron chi connectivity index (χ2n) is 19.8. The fourth-order valence-electron chi connectivity index (χ4n) is 11.9. The highest BCUT2D eigenvalue weighted by Crippen LogP contribution is 2.47. The Labute approximate surface area is 445 Å². The van der Waals surface area contributed by atoms with Crippen molar-refractivity contribution >= 4 is 87.5 Å². The number of fused-ring (bicyclic) bond motifs is 14. The van der Waals surface area contributed by atoms with E-state index < -0.39 is 0 Å². The first kappa shape index (κ1) is 43.5. The van der Waals surface area contributed by atoms with Crippen molar-refractivity contribution in [2.45, 2.75) is 0 Å². The lowest BCUT2D eigenvalue weighted by molar-refractivity contribution is 0.672. The van der Waals surface area contributed by atoms with Crippen molar-refractivity contribution in [3.63, 3.8) is 0 Å². The van der Waals surface area contributed by atoms with E-state index in [1.54, 1.807) is 0 Å². The van der Waals surface area contributed by atoms with Crippen molar-refractivity contribution in [3.8, 4) is 73.9 Å². The first-order valence-electron chi connectivity index (χ1n) is 26.0. The topological polar surface area (TPSA) is 98.6 Å². The molecule has 16 rings (SSSR count). The van der Waals surface area contributed by atoms with Gasteiger partial charge in [0.2, 0.25) is 0 Å². The summed E-state index contributed by atoms with van der Waals surface area (Å²) in [4.78, 5) is 15.9. The van der Waals surface area contributed by atoms with Crippen molar-refractivity contribution in [3.05, 3.63) is 248 Å². The molecular weight excluding hydrogens is 957 g/mol. The van der Waals surface area contributed by atoms with E-state index in [1.165, 1.54) is 0 Å². The van der Waals surface area contributed by atoms with Crippen LogP contribution in [0.25, 0.3) is 155 Å². The molecule has 0 radical (unpaired) electrons. The van der Waals surface area contributed by atoms with Crippen molar-refractivity contribution in [2.24, 2.45) is 0 Å². The van der Waals surface area contributed by atoms with E-state index in [4.69, 9.17) is 23.8 Å². The molecule has 0 saturated carbocycles. The molecule has 16 aromatic rings. The van der Waals surface area contributed by atoms with Crippen LogP contribution in [0.15, 0.2) is 251 Å². The van der Waals surface area contributed by atoms with Crippen LogP contribution in [0.3, 0.4) is 0 Å². The highest BCUT2D eigenvalue weighted by atomic mass is 16.3. The molecule has 0 unspecified atom stereocenters. The summed E-state index contributed by atoms with van der Waals surface area (Å²) in [6.07, 6.45) is 0. The fourth-order valence-corrected chi connectivity index (χ4v) is 11.9. The Morgan fingerprint density at radius 1 is 0.333 bits per heavy atom. The second kappa shape index (κ2) is 17.1. The number of rotatable bonds is 7. The molecule has 0 fully saturated rings. The number of benzene rings is 11. The van der Waals surface area contributed by atoms with Gasteiger partial charge in [-0.2, -0.15) is 5.26 Å². The van der Waals surface area contributed by atoms with Gasteiger partial charge in [0.15, 0.2) is 17.5 Å². The summed E-state index contributed by atoms with van der Waals surface area (Å²) in [5.74, 6) is 1.64. The van der Waals surface area contributed by atoms with E-state index >= 15 is 0 Å². The minimum atomic E-state index is 0.518. The zero-order valence-electron chi connectivity index (χ0n) is 41.6. The van der Waals surface area contributed by atoms with Gasteiger partial charge in [-0.3, -0.25) is 0 Å². The van der Waals surface area contributed by atoms with E-state index in [0.717, 1.165) is 138 Å². The number of furan rings is 2. The third-order valence-corrected chi connectivity index (χ3v) is 15.4. The number of nitriles is 1. The monoisotopic (exact) mass is 996 g/mol. The van der Waals surface area contributed by atoms with Gasteiger partial charge in [-0.15, -0.1) is 0 Å². The molecule has 78 heavy (non-hydrogen) atoms. The van der Waals surface area contributed by atoms with Gasteiger partial charge < -0.3 is 18.0 Å². The number of aromatic nitrogens is 5. The van der Waals surface area contributed by atoms with Crippen LogP contribution < -0.4 is 0 Å². The van der Waals surface area contributed by atoms with Crippen molar-refractivity contribution in [1.29, 1.82) is 5.26 Å². The number of hydrogen-bond donors (Lipinski definition) is 0. The lowest BCUT2D eigenvalue weighted by Crippen LogP contribution is -2.04. The molecule has 0 spiro atoms. The van der Waals surface area contributed by atoms with E-state index in [9.17, 15) is 5.26 Å². The van der Waals surface area contributed by atoms with Crippen LogP contribution in [-0.4, -0.2) is 24.1 Å². The van der Waals surface area contributed by atoms with Gasteiger partial charge in [-0.05, 0) is 108 Å². The summed E-state index contributed by atoms with van der Waals surface area (Å²) in [7, 11) is 0. The van der Waals surface area contributed by atoms with Crippen LogP contribution in [0.5, 0.6) is 0 Å². The molecule has 8 nitrogen and oxygen atoms in total. The second-order valence-corrected chi connectivity index (χ2v) is 19.8. The molecule has 0 N–H and O–H groups in total. The summed E-state index contributed by atoms with van der Waals surface area (Å²) >= 11 is 0. The number of para-hydroxylation sites is 4. The Bertz CT molecular complexity index is 5120. The standard InChI is InChI=1S/C70H40N6O2/c71-41-42-16-15-21-45(38-42)46-30-35-59(76-58-27-12-8-25-54(58)65-61(76)37-34-51-49-23-10-14-29-63(49)78-67(51)65)56(39-46)55-40-47(31-32-52(55)70-73-68(43-17-3-1-4-18-43)72-69(74-70)44-19-5-2-6-20-44)75-57-26-11-7-24-53(57)64-60(75)36-33-50-48-22-9-13-28-62(48)77-66(50)64/h1-40H.